The third kappa shape index (κ3) is 2.84. The zero-order chi connectivity index (χ0) is 14.3. The molecule has 114 valence electrons. The van der Waals surface area contributed by atoms with Gasteiger partial charge in [0.15, 0.2) is 5.11 Å². The van der Waals surface area contributed by atoms with E-state index in [1.807, 2.05) is 0 Å². The highest BCUT2D eigenvalue weighted by molar-refractivity contribution is 7.80. The molecule has 20 heavy (non-hydrogen) atoms. The van der Waals surface area contributed by atoms with Crippen LogP contribution in [-0.4, -0.2) is 16.7 Å². The monoisotopic (exact) mass is 294 g/mol. The molecule has 0 radical (unpaired) electrons. The minimum atomic E-state index is 0.350. The van der Waals surface area contributed by atoms with Gasteiger partial charge >= 0.3 is 0 Å². The van der Waals surface area contributed by atoms with E-state index in [-0.39, 0.29) is 0 Å². The van der Waals surface area contributed by atoms with E-state index in [0.29, 0.717) is 11.6 Å². The average Bonchev–Trinajstić information content (AvgIpc) is 2.93. The molecule has 2 N–H and O–H groups in total. The lowest BCUT2D eigenvalue weighted by molar-refractivity contribution is 0.179. The summed E-state index contributed by atoms with van der Waals surface area (Å²) in [5.74, 6) is 3.29. The summed E-state index contributed by atoms with van der Waals surface area (Å²) in [6, 6.07) is 0.557. The molecule has 3 heteroatoms. The fourth-order valence-corrected chi connectivity index (χ4v) is 5.65. The highest BCUT2D eigenvalue weighted by Gasteiger charge is 2.45. The minimum absolute atomic E-state index is 0.350. The molecule has 0 saturated heterocycles. The zero-order valence-corrected chi connectivity index (χ0v) is 14.1. The Morgan fingerprint density at radius 1 is 1.05 bits per heavy atom. The first kappa shape index (κ1) is 14.6. The molecule has 3 aliphatic rings. The van der Waals surface area contributed by atoms with Gasteiger partial charge in [-0.1, -0.05) is 20.8 Å². The summed E-state index contributed by atoms with van der Waals surface area (Å²) >= 11 is 5.64. The van der Waals surface area contributed by atoms with Crippen LogP contribution in [-0.2, 0) is 0 Å². The zero-order valence-electron chi connectivity index (χ0n) is 13.2. The Hall–Kier alpha value is -0.310. The van der Waals surface area contributed by atoms with Crippen molar-refractivity contribution in [3.63, 3.8) is 0 Å². The van der Waals surface area contributed by atoms with E-state index < -0.39 is 0 Å². The molecule has 2 nitrogen and oxygen atoms in total. The second kappa shape index (κ2) is 5.47. The molecule has 2 unspecified atom stereocenters. The number of rotatable bonds is 2. The van der Waals surface area contributed by atoms with Gasteiger partial charge in [0.05, 0.1) is 0 Å². The maximum absolute atomic E-state index is 5.64. The number of thiocarbonyl (C=S) groups is 1. The fourth-order valence-electron chi connectivity index (χ4n) is 5.30. The molecule has 0 spiro atoms. The van der Waals surface area contributed by atoms with E-state index >= 15 is 0 Å². The first-order valence-corrected chi connectivity index (χ1v) is 8.97. The third-order valence-corrected chi connectivity index (χ3v) is 6.41. The first-order valence-electron chi connectivity index (χ1n) is 8.56. The van der Waals surface area contributed by atoms with Crippen molar-refractivity contribution in [1.29, 1.82) is 0 Å². The smallest absolute Gasteiger partial charge is 0.166 e. The van der Waals surface area contributed by atoms with Crippen molar-refractivity contribution in [3.05, 3.63) is 0 Å². The normalized spacial score (nSPS) is 47.2. The molecule has 2 atom stereocenters. The minimum Gasteiger partial charge on any atom is -0.359 e. The van der Waals surface area contributed by atoms with E-state index in [9.17, 15) is 0 Å². The average molecular weight is 295 g/mol. The Morgan fingerprint density at radius 3 is 2.15 bits per heavy atom. The summed E-state index contributed by atoms with van der Waals surface area (Å²) < 4.78 is 0. The summed E-state index contributed by atoms with van der Waals surface area (Å²) in [5, 5.41) is 8.29. The van der Waals surface area contributed by atoms with E-state index in [0.717, 1.165) is 28.8 Å². The van der Waals surface area contributed by atoms with Crippen LogP contribution in [0.1, 0.15) is 65.7 Å². The van der Waals surface area contributed by atoms with Crippen LogP contribution in [0.3, 0.4) is 0 Å². The quantitative estimate of drug-likeness (QED) is 0.756. The van der Waals surface area contributed by atoms with Crippen LogP contribution in [0.15, 0.2) is 0 Å². The maximum atomic E-state index is 5.64. The summed E-state index contributed by atoms with van der Waals surface area (Å²) in [4.78, 5) is 0. The Kier molecular flexibility index (Phi) is 4.00. The van der Waals surface area contributed by atoms with Crippen molar-refractivity contribution in [2.75, 3.05) is 0 Å². The third-order valence-electron chi connectivity index (χ3n) is 6.19. The summed E-state index contributed by atoms with van der Waals surface area (Å²) in [5.41, 5.74) is 0.350. The second-order valence-corrected chi connectivity index (χ2v) is 8.49. The molecule has 2 bridgehead atoms. The summed E-state index contributed by atoms with van der Waals surface area (Å²) in [7, 11) is 0. The van der Waals surface area contributed by atoms with Crippen LogP contribution < -0.4 is 10.6 Å². The van der Waals surface area contributed by atoms with Gasteiger partial charge in [0.1, 0.15) is 0 Å². The lowest BCUT2D eigenvalue weighted by Crippen LogP contribution is -2.55. The SMILES string of the molecule is CC1CC(C)C(NC(=S)NC23CCC(CC2)C3)C(C)C1. The lowest BCUT2D eigenvalue weighted by atomic mass is 9.74. The Bertz CT molecular complexity index is 361. The van der Waals surface area contributed by atoms with Crippen LogP contribution in [0.5, 0.6) is 0 Å². The largest absolute Gasteiger partial charge is 0.359 e. The molecule has 3 fully saturated rings. The van der Waals surface area contributed by atoms with Crippen LogP contribution in [0.4, 0.5) is 0 Å². The van der Waals surface area contributed by atoms with Gasteiger partial charge in [0, 0.05) is 11.6 Å². The highest BCUT2D eigenvalue weighted by Crippen LogP contribution is 2.47. The van der Waals surface area contributed by atoms with Gasteiger partial charge in [0.2, 0.25) is 0 Å². The molecule has 3 rings (SSSR count). The highest BCUT2D eigenvalue weighted by atomic mass is 32.1. The van der Waals surface area contributed by atoms with E-state index in [4.69, 9.17) is 12.2 Å². The van der Waals surface area contributed by atoms with E-state index in [2.05, 4.69) is 31.4 Å². The summed E-state index contributed by atoms with van der Waals surface area (Å²) in [6.07, 6.45) is 9.47. The molecular formula is C17H30N2S. The van der Waals surface area contributed by atoms with E-state index in [1.54, 1.807) is 0 Å². The molecule has 0 aromatic carbocycles. The molecule has 0 aromatic heterocycles. The molecule has 0 heterocycles. The molecule has 3 aliphatic carbocycles. The molecule has 0 aromatic rings. The van der Waals surface area contributed by atoms with Gasteiger partial charge in [-0.3, -0.25) is 0 Å². The van der Waals surface area contributed by atoms with Gasteiger partial charge < -0.3 is 10.6 Å². The Labute approximate surface area is 129 Å². The molecule has 0 aliphatic heterocycles. The number of nitrogens with one attached hydrogen (secondary N) is 2. The Morgan fingerprint density at radius 2 is 1.65 bits per heavy atom. The Balaban J connectivity index is 1.56. The van der Waals surface area contributed by atoms with Crippen molar-refractivity contribution < 1.29 is 0 Å². The standard InChI is InChI=1S/C17H30N2S/c1-11-8-12(2)15(13(3)9-11)18-16(20)19-17-6-4-14(10-17)5-7-17/h11-15H,4-10H2,1-3H3,(H2,18,19,20). The predicted octanol–water partition coefficient (Wildman–Crippen LogP) is 3.85. The van der Waals surface area contributed by atoms with Crippen LogP contribution in [0.25, 0.3) is 0 Å². The van der Waals surface area contributed by atoms with Crippen molar-refractivity contribution in [2.24, 2.45) is 23.7 Å². The van der Waals surface area contributed by atoms with Gasteiger partial charge in [-0.25, -0.2) is 0 Å². The molecule has 0 amide bonds. The van der Waals surface area contributed by atoms with Crippen molar-refractivity contribution in [3.8, 4) is 0 Å². The topological polar surface area (TPSA) is 24.1 Å². The maximum Gasteiger partial charge on any atom is 0.166 e. The number of fused-ring (bicyclic) bond motifs is 2. The fraction of sp³-hybridized carbons (Fsp3) is 0.941. The van der Waals surface area contributed by atoms with Crippen molar-refractivity contribution in [1.82, 2.24) is 10.6 Å². The van der Waals surface area contributed by atoms with Crippen molar-refractivity contribution in [2.45, 2.75) is 77.3 Å². The summed E-state index contributed by atoms with van der Waals surface area (Å²) in [6.45, 7) is 7.15. The number of hydrogen-bond donors (Lipinski definition) is 2. The van der Waals surface area contributed by atoms with Crippen LogP contribution in [0.2, 0.25) is 0 Å². The predicted molar refractivity (Wildman–Crippen MR) is 88.7 cm³/mol. The molecule has 3 saturated carbocycles. The van der Waals surface area contributed by atoms with Gasteiger partial charge in [-0.2, -0.15) is 0 Å². The van der Waals surface area contributed by atoms with Gasteiger partial charge in [-0.15, -0.1) is 0 Å². The van der Waals surface area contributed by atoms with E-state index in [1.165, 1.54) is 44.9 Å². The number of hydrogen-bond acceptors (Lipinski definition) is 1. The first-order chi connectivity index (χ1) is 9.47. The van der Waals surface area contributed by atoms with Crippen molar-refractivity contribution >= 4 is 17.3 Å². The van der Waals surface area contributed by atoms with Gasteiger partial charge in [0.25, 0.3) is 0 Å². The van der Waals surface area contributed by atoms with Crippen LogP contribution in [0, 0.1) is 23.7 Å². The van der Waals surface area contributed by atoms with Gasteiger partial charge in [-0.05, 0) is 80.8 Å². The lowest BCUT2D eigenvalue weighted by Gasteiger charge is -2.40. The second-order valence-electron chi connectivity index (χ2n) is 8.08. The van der Waals surface area contributed by atoms with Crippen LogP contribution >= 0.6 is 12.2 Å². The molecular weight excluding hydrogens is 264 g/mol.